The first-order valence-electron chi connectivity index (χ1n) is 8.41. The van der Waals surface area contributed by atoms with Crippen molar-refractivity contribution >= 4 is 46.9 Å². The van der Waals surface area contributed by atoms with E-state index >= 15 is 0 Å². The average molecular weight is 416 g/mol. The van der Waals surface area contributed by atoms with Gasteiger partial charge >= 0.3 is 5.97 Å². The molecule has 3 rings (SSSR count). The van der Waals surface area contributed by atoms with E-state index in [0.29, 0.717) is 5.02 Å². The zero-order valence-corrected chi connectivity index (χ0v) is 16.6. The molecule has 9 heteroatoms. The number of benzene rings is 2. The number of esters is 1. The van der Waals surface area contributed by atoms with E-state index in [1.165, 1.54) is 11.8 Å². The molecule has 1 heterocycles. The summed E-state index contributed by atoms with van der Waals surface area (Å²) in [6, 6.07) is 16.7. The molecule has 28 heavy (non-hydrogen) atoms. The summed E-state index contributed by atoms with van der Waals surface area (Å²) >= 11 is 7.25. The molecule has 7 nitrogen and oxygen atoms in total. The number of aromatic nitrogens is 3. The molecule has 1 atom stereocenters. The van der Waals surface area contributed by atoms with E-state index in [4.69, 9.17) is 22.1 Å². The molecular formula is C19H18ClN5O2S. The lowest BCUT2D eigenvalue weighted by molar-refractivity contribution is -0.144. The van der Waals surface area contributed by atoms with Crippen LogP contribution < -0.4 is 11.1 Å². The molecule has 0 spiro atoms. The van der Waals surface area contributed by atoms with Gasteiger partial charge in [0.05, 0.1) is 0 Å². The third-order valence-corrected chi connectivity index (χ3v) is 4.87. The van der Waals surface area contributed by atoms with Crippen molar-refractivity contribution in [1.82, 2.24) is 15.0 Å². The maximum atomic E-state index is 12.3. The van der Waals surface area contributed by atoms with Crippen molar-refractivity contribution in [2.45, 2.75) is 23.7 Å². The molecule has 2 aromatic carbocycles. The summed E-state index contributed by atoms with van der Waals surface area (Å²) in [6.45, 7) is 1.67. The molecule has 0 radical (unpaired) electrons. The van der Waals surface area contributed by atoms with E-state index in [2.05, 4.69) is 20.3 Å². The fourth-order valence-corrected chi connectivity index (χ4v) is 3.22. The van der Waals surface area contributed by atoms with Crippen LogP contribution in [0, 0.1) is 0 Å². The summed E-state index contributed by atoms with van der Waals surface area (Å²) in [5, 5.41) is 3.28. The number of rotatable bonds is 7. The van der Waals surface area contributed by atoms with E-state index in [1.54, 1.807) is 19.1 Å². The molecule has 0 saturated carbocycles. The van der Waals surface area contributed by atoms with Gasteiger partial charge in [0.1, 0.15) is 5.25 Å². The second-order valence-corrected chi connectivity index (χ2v) is 7.60. The predicted molar refractivity (Wildman–Crippen MR) is 111 cm³/mol. The average Bonchev–Trinajstić information content (AvgIpc) is 2.68. The van der Waals surface area contributed by atoms with Crippen LogP contribution in [0.5, 0.6) is 0 Å². The van der Waals surface area contributed by atoms with E-state index in [9.17, 15) is 4.79 Å². The number of halogens is 1. The maximum Gasteiger partial charge on any atom is 0.319 e. The second-order valence-electron chi connectivity index (χ2n) is 5.75. The van der Waals surface area contributed by atoms with Gasteiger partial charge in [-0.25, -0.2) is 0 Å². The monoisotopic (exact) mass is 415 g/mol. The van der Waals surface area contributed by atoms with Crippen molar-refractivity contribution in [3.05, 3.63) is 65.4 Å². The SMILES string of the molecule is C[C@@H](Sc1ccc(Cl)cc1)C(=O)OCc1nc(N)nc(Nc2ccccc2)n1. The molecule has 0 bridgehead atoms. The highest BCUT2D eigenvalue weighted by Gasteiger charge is 2.17. The Bertz CT molecular complexity index is 941. The van der Waals surface area contributed by atoms with Gasteiger partial charge in [-0.15, -0.1) is 11.8 Å². The summed E-state index contributed by atoms with van der Waals surface area (Å²) in [5.74, 6) is 0.218. The first-order valence-corrected chi connectivity index (χ1v) is 9.67. The van der Waals surface area contributed by atoms with Crippen molar-refractivity contribution in [3.8, 4) is 0 Å². The molecule has 0 aliphatic heterocycles. The Kier molecular flexibility index (Phi) is 6.67. The standard InChI is InChI=1S/C19H18ClN5O2S/c1-12(28-15-9-7-13(20)8-10-15)17(26)27-11-16-23-18(21)25-19(24-16)22-14-5-3-2-4-6-14/h2-10,12H,11H2,1H3,(H3,21,22,23,24,25)/t12-/m1/s1. The maximum absolute atomic E-state index is 12.3. The largest absolute Gasteiger partial charge is 0.457 e. The molecule has 1 aromatic heterocycles. The minimum Gasteiger partial charge on any atom is -0.457 e. The Morgan fingerprint density at radius 2 is 1.86 bits per heavy atom. The molecule has 0 saturated heterocycles. The first-order chi connectivity index (χ1) is 13.5. The number of carbonyl (C=O) groups excluding carboxylic acids is 1. The van der Waals surface area contributed by atoms with Crippen LogP contribution in [0.4, 0.5) is 17.6 Å². The number of ether oxygens (including phenoxy) is 1. The van der Waals surface area contributed by atoms with Crippen LogP contribution >= 0.6 is 23.4 Å². The highest BCUT2D eigenvalue weighted by atomic mass is 35.5. The number of nitrogens with two attached hydrogens (primary N) is 1. The molecule has 0 fully saturated rings. The van der Waals surface area contributed by atoms with E-state index < -0.39 is 5.25 Å². The van der Waals surface area contributed by atoms with Crippen molar-refractivity contribution in [3.63, 3.8) is 0 Å². The molecular weight excluding hydrogens is 398 g/mol. The second kappa shape index (κ2) is 9.38. The minimum atomic E-state index is -0.401. The normalized spacial score (nSPS) is 11.6. The van der Waals surface area contributed by atoms with Gasteiger partial charge in [0.25, 0.3) is 0 Å². The fraction of sp³-hybridized carbons (Fsp3) is 0.158. The number of nitrogen functional groups attached to an aromatic ring is 1. The minimum absolute atomic E-state index is 0.0445. The van der Waals surface area contributed by atoms with Crippen LogP contribution in [0.2, 0.25) is 5.02 Å². The number of para-hydroxylation sites is 1. The topological polar surface area (TPSA) is 103 Å². The lowest BCUT2D eigenvalue weighted by Gasteiger charge is -2.11. The quantitative estimate of drug-likeness (QED) is 0.439. The number of carbonyl (C=O) groups is 1. The van der Waals surface area contributed by atoms with E-state index in [1.807, 2.05) is 42.5 Å². The summed E-state index contributed by atoms with van der Waals surface area (Å²) in [4.78, 5) is 25.5. The molecule has 144 valence electrons. The smallest absolute Gasteiger partial charge is 0.319 e. The molecule has 0 amide bonds. The van der Waals surface area contributed by atoms with Crippen LogP contribution in [0.1, 0.15) is 12.7 Å². The fourth-order valence-electron chi connectivity index (χ4n) is 2.23. The van der Waals surface area contributed by atoms with Gasteiger partial charge in [0, 0.05) is 15.6 Å². The Morgan fingerprint density at radius 1 is 1.14 bits per heavy atom. The summed E-state index contributed by atoms with van der Waals surface area (Å²) in [7, 11) is 0. The van der Waals surface area contributed by atoms with Crippen LogP contribution in [0.25, 0.3) is 0 Å². The Labute approximate surface area is 171 Å². The summed E-state index contributed by atoms with van der Waals surface area (Å²) in [5.41, 5.74) is 6.55. The zero-order valence-electron chi connectivity index (χ0n) is 15.0. The van der Waals surface area contributed by atoms with Gasteiger partial charge in [-0.3, -0.25) is 4.79 Å². The number of hydrogen-bond donors (Lipinski definition) is 2. The molecule has 3 aromatic rings. The number of hydrogen-bond acceptors (Lipinski definition) is 8. The van der Waals surface area contributed by atoms with Gasteiger partial charge in [-0.2, -0.15) is 15.0 Å². The van der Waals surface area contributed by atoms with Crippen LogP contribution in [0.3, 0.4) is 0 Å². The van der Waals surface area contributed by atoms with Crippen molar-refractivity contribution < 1.29 is 9.53 Å². The molecule has 0 aliphatic rings. The lowest BCUT2D eigenvalue weighted by atomic mass is 10.3. The number of nitrogens with zero attached hydrogens (tertiary/aromatic N) is 3. The van der Waals surface area contributed by atoms with Crippen LogP contribution in [-0.4, -0.2) is 26.2 Å². The van der Waals surface area contributed by atoms with Gasteiger partial charge in [-0.1, -0.05) is 29.8 Å². The Hall–Kier alpha value is -2.84. The summed E-state index contributed by atoms with van der Waals surface area (Å²) in [6.07, 6.45) is 0. The van der Waals surface area contributed by atoms with E-state index in [-0.39, 0.29) is 30.3 Å². The molecule has 3 N–H and O–H groups in total. The number of nitrogens with one attached hydrogen (secondary N) is 1. The number of anilines is 3. The van der Waals surface area contributed by atoms with Gasteiger partial charge < -0.3 is 15.8 Å². The lowest BCUT2D eigenvalue weighted by Crippen LogP contribution is -2.18. The highest BCUT2D eigenvalue weighted by molar-refractivity contribution is 8.00. The molecule has 0 aliphatic carbocycles. The zero-order chi connectivity index (χ0) is 19.9. The number of thioether (sulfide) groups is 1. The highest BCUT2D eigenvalue weighted by Crippen LogP contribution is 2.25. The predicted octanol–water partition coefficient (Wildman–Crippen LogP) is 4.07. The van der Waals surface area contributed by atoms with E-state index in [0.717, 1.165) is 10.6 Å². The van der Waals surface area contributed by atoms with Crippen molar-refractivity contribution in [2.24, 2.45) is 0 Å². The van der Waals surface area contributed by atoms with Gasteiger partial charge in [0.15, 0.2) is 12.4 Å². The van der Waals surface area contributed by atoms with Crippen molar-refractivity contribution in [2.75, 3.05) is 11.1 Å². The third-order valence-electron chi connectivity index (χ3n) is 3.53. The van der Waals surface area contributed by atoms with Crippen molar-refractivity contribution in [1.29, 1.82) is 0 Å². The first kappa shape index (κ1) is 19.9. The summed E-state index contributed by atoms with van der Waals surface area (Å²) < 4.78 is 5.32. The van der Waals surface area contributed by atoms with Gasteiger partial charge in [-0.05, 0) is 43.3 Å². The van der Waals surface area contributed by atoms with Gasteiger partial charge in [0.2, 0.25) is 11.9 Å². The van der Waals surface area contributed by atoms with Crippen LogP contribution in [0.15, 0.2) is 59.5 Å². The molecule has 0 unspecified atom stereocenters. The third kappa shape index (κ3) is 5.83. The Morgan fingerprint density at radius 3 is 2.57 bits per heavy atom. The van der Waals surface area contributed by atoms with Crippen LogP contribution in [-0.2, 0) is 16.1 Å². The Balaban J connectivity index is 1.58.